The summed E-state index contributed by atoms with van der Waals surface area (Å²) in [6.45, 7) is 0. The van der Waals surface area contributed by atoms with Gasteiger partial charge in [-0.3, -0.25) is 10.9 Å². The molecule has 0 unspecified atom stereocenters. The second-order valence-electron chi connectivity index (χ2n) is 5.85. The molecule has 0 fully saturated rings. The molecule has 4 aromatic rings. The van der Waals surface area contributed by atoms with Crippen LogP contribution in [0, 0.1) is 0 Å². The van der Waals surface area contributed by atoms with Gasteiger partial charge in [-0.2, -0.15) is 36.4 Å². The minimum atomic E-state index is 0.927. The fourth-order valence-corrected chi connectivity index (χ4v) is 2.29. The smallest absolute Gasteiger partial charge is 0.0561 e. The molecule has 0 saturated heterocycles. The van der Waals surface area contributed by atoms with Crippen LogP contribution in [-0.4, -0.2) is 0 Å². The van der Waals surface area contributed by atoms with Crippen molar-refractivity contribution in [3.8, 4) is 0 Å². The Labute approximate surface area is 218 Å². The normalized spacial score (nSPS) is 8.69. The Balaban J connectivity index is 0.000000277. The number of benzene rings is 4. The molecule has 0 saturated carbocycles. The molecule has 0 heterocycles. The van der Waals surface area contributed by atoms with Crippen LogP contribution < -0.4 is 21.6 Å². The first-order valence-corrected chi connectivity index (χ1v) is 13.3. The van der Waals surface area contributed by atoms with Gasteiger partial charge in [-0.1, -0.05) is 36.4 Å². The van der Waals surface area contributed by atoms with E-state index in [1.54, 1.807) is 0 Å². The number of anilines is 2. The van der Waals surface area contributed by atoms with Crippen molar-refractivity contribution in [2.75, 3.05) is 10.9 Å². The zero-order valence-electron chi connectivity index (χ0n) is 16.8. The van der Waals surface area contributed by atoms with Crippen molar-refractivity contribution in [1.82, 2.24) is 0 Å². The average Bonchev–Trinajstić information content (AvgIpc) is 2.91. The molecule has 0 aliphatic heterocycles. The molecule has 0 aliphatic carbocycles. The van der Waals surface area contributed by atoms with E-state index in [9.17, 15) is 0 Å². The molecule has 0 bridgehead atoms. The van der Waals surface area contributed by atoms with Crippen LogP contribution >= 0.6 is 19.1 Å². The standard InChI is InChI=1S/2C12H11N2.2ClH.2Pd/c2*1-3-7-11(8-4-1)13-14-12-9-5-2-6-10-12;;;;/h2*1-10,13H;2*1H;;/q2*-1;;;2*+2/p-2. The van der Waals surface area contributed by atoms with Crippen LogP contribution in [0.1, 0.15) is 0 Å². The first-order valence-electron chi connectivity index (χ1n) is 9.28. The number of halogens is 2. The third-order valence-corrected chi connectivity index (χ3v) is 3.69. The maximum absolute atomic E-state index is 4.49. The van der Waals surface area contributed by atoms with E-state index in [0.717, 1.165) is 22.1 Å². The van der Waals surface area contributed by atoms with Gasteiger partial charge in [-0.25, -0.2) is 10.2 Å². The Hall–Kier alpha value is -2.02. The van der Waals surface area contributed by atoms with Gasteiger partial charge >= 0.3 is 55.4 Å². The number of para-hydroxylation sites is 4. The van der Waals surface area contributed by atoms with Gasteiger partial charge in [0.25, 0.3) is 0 Å². The molecule has 32 heavy (non-hydrogen) atoms. The van der Waals surface area contributed by atoms with Gasteiger partial charge in [0, 0.05) is 0 Å². The van der Waals surface area contributed by atoms with E-state index in [4.69, 9.17) is 0 Å². The Bertz CT molecular complexity index is 962. The van der Waals surface area contributed by atoms with Crippen molar-refractivity contribution >= 4 is 30.4 Å². The van der Waals surface area contributed by atoms with Crippen LogP contribution in [0.15, 0.2) is 132 Å². The molecule has 8 heteroatoms. The molecule has 0 atom stereocenters. The second-order valence-corrected chi connectivity index (χ2v) is 5.85. The van der Waals surface area contributed by atoms with Crippen molar-refractivity contribution in [2.24, 2.45) is 10.2 Å². The van der Waals surface area contributed by atoms with Crippen LogP contribution in [0.5, 0.6) is 0 Å². The third kappa shape index (κ3) is 12.7. The van der Waals surface area contributed by atoms with Gasteiger partial charge in [0.2, 0.25) is 0 Å². The number of nitrogens with zero attached hydrogens (tertiary/aromatic N) is 2. The van der Waals surface area contributed by atoms with Crippen LogP contribution in [0.2, 0.25) is 0 Å². The number of rotatable bonds is 4. The predicted octanol–water partition coefficient (Wildman–Crippen LogP) is 6.04. The van der Waals surface area contributed by atoms with Crippen molar-refractivity contribution < 1.29 is 36.4 Å². The van der Waals surface area contributed by atoms with Crippen LogP contribution in [0.25, 0.3) is 0 Å². The molecule has 4 nitrogen and oxygen atoms in total. The Morgan fingerprint density at radius 2 is 0.844 bits per heavy atom. The summed E-state index contributed by atoms with van der Waals surface area (Å²) in [5.41, 5.74) is 7.97. The van der Waals surface area contributed by atoms with Crippen molar-refractivity contribution in [3.63, 3.8) is 0 Å². The van der Waals surface area contributed by atoms with Crippen molar-refractivity contribution in [1.29, 1.82) is 0 Å². The zero-order chi connectivity index (χ0) is 23.3. The van der Waals surface area contributed by atoms with E-state index in [0.29, 0.717) is 0 Å². The monoisotopic (exact) mass is 648 g/mol. The molecular formula is C24H22Cl2N4Pd2. The average molecular weight is 650 g/mol. The number of nitrogens with one attached hydrogen (secondary N) is 2. The molecule has 0 amide bonds. The summed E-state index contributed by atoms with van der Waals surface area (Å²) in [4.78, 5) is 0. The summed E-state index contributed by atoms with van der Waals surface area (Å²) in [6, 6.07) is 39.4. The Morgan fingerprint density at radius 1 is 0.500 bits per heavy atom. The maximum Gasteiger partial charge on any atom is 0.0561 e. The quantitative estimate of drug-likeness (QED) is 0.161. The second kappa shape index (κ2) is 19.7. The van der Waals surface area contributed by atoms with Gasteiger partial charge in [0.1, 0.15) is 0 Å². The van der Waals surface area contributed by atoms with E-state index in [1.807, 2.05) is 121 Å². The number of hydrogen-bond donors (Lipinski definition) is 2. The fourth-order valence-electron chi connectivity index (χ4n) is 2.29. The molecule has 4 aromatic carbocycles. The van der Waals surface area contributed by atoms with Crippen LogP contribution in [0.3, 0.4) is 0 Å². The molecule has 172 valence electrons. The summed E-state index contributed by atoms with van der Waals surface area (Å²) in [6.07, 6.45) is 0. The molecule has 0 spiro atoms. The predicted molar refractivity (Wildman–Crippen MR) is 127 cm³/mol. The Kier molecular flexibility index (Phi) is 17.2. The van der Waals surface area contributed by atoms with Crippen molar-refractivity contribution in [3.05, 3.63) is 132 Å². The Morgan fingerprint density at radius 3 is 1.16 bits per heavy atom. The molecule has 0 aliphatic rings. The molecule has 0 radical (unpaired) electrons. The molecule has 4 rings (SSSR count). The van der Waals surface area contributed by atoms with E-state index < -0.39 is 0 Å². The SMILES string of the molecule is [Cl][Pd+].[Cl][Pd+].c1ccc(NN=c2cccc[cH-]2)cc1.c1ccc(NN=c2cccc[cH-]2)cc1. The third-order valence-electron chi connectivity index (χ3n) is 3.69. The maximum atomic E-state index is 4.49. The topological polar surface area (TPSA) is 48.8 Å². The summed E-state index contributed by atoms with van der Waals surface area (Å²) < 4.78 is 0. The van der Waals surface area contributed by atoms with Gasteiger partial charge < -0.3 is 0 Å². The van der Waals surface area contributed by atoms with E-state index in [-0.39, 0.29) is 0 Å². The van der Waals surface area contributed by atoms with Gasteiger partial charge in [-0.05, 0) is 35.0 Å². The molecule has 2 N–H and O–H groups in total. The zero-order valence-corrected chi connectivity index (χ0v) is 21.5. The van der Waals surface area contributed by atoms with E-state index in [1.165, 1.54) is 0 Å². The van der Waals surface area contributed by atoms with Gasteiger partial charge in [0.15, 0.2) is 0 Å². The minimum absolute atomic E-state index is 0.927. The summed E-state index contributed by atoms with van der Waals surface area (Å²) in [5, 5.41) is 10.3. The minimum Gasteiger partial charge on any atom is -0.280 e. The number of hydrogen-bond acceptors (Lipinski definition) is 4. The van der Waals surface area contributed by atoms with Crippen molar-refractivity contribution in [2.45, 2.75) is 0 Å². The summed E-state index contributed by atoms with van der Waals surface area (Å²) in [5.74, 6) is 0. The first-order chi connectivity index (χ1) is 15.9. The van der Waals surface area contributed by atoms with Gasteiger partial charge in [0.05, 0.1) is 11.4 Å². The summed E-state index contributed by atoms with van der Waals surface area (Å²) >= 11 is 4.44. The fraction of sp³-hybridized carbons (Fsp3) is 0. The summed E-state index contributed by atoms with van der Waals surface area (Å²) in [7, 11) is 8.98. The molecular weight excluding hydrogens is 628 g/mol. The first kappa shape index (κ1) is 28.0. The van der Waals surface area contributed by atoms with E-state index >= 15 is 0 Å². The molecule has 0 aromatic heterocycles. The van der Waals surface area contributed by atoms with Crippen LogP contribution in [-0.2, 0) is 36.4 Å². The van der Waals surface area contributed by atoms with Gasteiger partial charge in [-0.15, -0.1) is 24.3 Å². The largest absolute Gasteiger partial charge is 0.280 e. The van der Waals surface area contributed by atoms with Crippen LogP contribution in [0.4, 0.5) is 11.4 Å². The van der Waals surface area contributed by atoms with E-state index in [2.05, 4.69) is 76.5 Å².